The molecular weight excluding hydrogens is 362 g/mol. The molecule has 2 aromatic rings. The van der Waals surface area contributed by atoms with Crippen molar-refractivity contribution in [2.75, 3.05) is 6.61 Å². The third kappa shape index (κ3) is 6.32. The standard InChI is InChI=1S/C23H28F2O3/c1-3-5-6-7-8-9-16-27-20-15-14-19(22(24)23(20)25)17-10-12-18(13-11-17)28-21(26)4-2/h10-15H,3-9,16H2,1-2H3. The third-order valence-corrected chi connectivity index (χ3v) is 4.49. The number of hydrogen-bond donors (Lipinski definition) is 0. The molecule has 0 radical (unpaired) electrons. The van der Waals surface area contributed by atoms with Crippen molar-refractivity contribution in [3.8, 4) is 22.6 Å². The van der Waals surface area contributed by atoms with Crippen LogP contribution >= 0.6 is 0 Å². The van der Waals surface area contributed by atoms with E-state index in [0.717, 1.165) is 19.3 Å². The molecule has 2 aromatic carbocycles. The van der Waals surface area contributed by atoms with E-state index < -0.39 is 11.6 Å². The van der Waals surface area contributed by atoms with Crippen molar-refractivity contribution in [1.29, 1.82) is 0 Å². The first-order chi connectivity index (χ1) is 13.6. The molecule has 0 aliphatic carbocycles. The molecule has 3 nitrogen and oxygen atoms in total. The molecule has 0 aliphatic heterocycles. The lowest BCUT2D eigenvalue weighted by Crippen LogP contribution is -2.05. The Morgan fingerprint density at radius 1 is 0.857 bits per heavy atom. The summed E-state index contributed by atoms with van der Waals surface area (Å²) in [6.07, 6.45) is 6.87. The predicted octanol–water partition coefficient (Wildman–Crippen LogP) is 6.69. The molecule has 152 valence electrons. The Kier molecular flexibility index (Phi) is 8.92. The second kappa shape index (κ2) is 11.4. The number of benzene rings is 2. The number of carbonyl (C=O) groups excluding carboxylic acids is 1. The van der Waals surface area contributed by atoms with E-state index in [1.807, 2.05) is 0 Å². The second-order valence-corrected chi connectivity index (χ2v) is 6.71. The summed E-state index contributed by atoms with van der Waals surface area (Å²) < 4.78 is 39.3. The Hall–Kier alpha value is -2.43. The van der Waals surface area contributed by atoms with Gasteiger partial charge in [-0.2, -0.15) is 4.39 Å². The van der Waals surface area contributed by atoms with Gasteiger partial charge in [-0.15, -0.1) is 0 Å². The maximum Gasteiger partial charge on any atom is 0.310 e. The Morgan fingerprint density at radius 2 is 1.54 bits per heavy atom. The highest BCUT2D eigenvalue weighted by Crippen LogP contribution is 2.31. The van der Waals surface area contributed by atoms with Crippen molar-refractivity contribution in [1.82, 2.24) is 0 Å². The summed E-state index contributed by atoms with van der Waals surface area (Å²) in [4.78, 5) is 11.3. The largest absolute Gasteiger partial charge is 0.490 e. The van der Waals surface area contributed by atoms with Gasteiger partial charge in [-0.1, -0.05) is 58.1 Å². The zero-order valence-electron chi connectivity index (χ0n) is 16.6. The first kappa shape index (κ1) is 21.9. The summed E-state index contributed by atoms with van der Waals surface area (Å²) in [5.74, 6) is -1.97. The van der Waals surface area contributed by atoms with E-state index in [-0.39, 0.29) is 23.7 Å². The minimum Gasteiger partial charge on any atom is -0.490 e. The highest BCUT2D eigenvalue weighted by molar-refractivity contribution is 5.72. The molecule has 0 aliphatic rings. The van der Waals surface area contributed by atoms with Crippen LogP contribution in [0.2, 0.25) is 0 Å². The molecule has 0 unspecified atom stereocenters. The number of unbranched alkanes of at least 4 members (excludes halogenated alkanes) is 5. The normalized spacial score (nSPS) is 10.7. The average Bonchev–Trinajstić information content (AvgIpc) is 2.71. The second-order valence-electron chi connectivity index (χ2n) is 6.71. The van der Waals surface area contributed by atoms with Gasteiger partial charge in [-0.05, 0) is 36.2 Å². The monoisotopic (exact) mass is 390 g/mol. The van der Waals surface area contributed by atoms with Gasteiger partial charge < -0.3 is 9.47 Å². The molecule has 0 aromatic heterocycles. The van der Waals surface area contributed by atoms with Crippen LogP contribution in [0.15, 0.2) is 36.4 Å². The minimum atomic E-state index is -0.982. The van der Waals surface area contributed by atoms with Gasteiger partial charge in [0, 0.05) is 12.0 Å². The van der Waals surface area contributed by atoms with E-state index in [1.165, 1.54) is 31.4 Å². The Bertz CT molecular complexity index is 757. The predicted molar refractivity (Wildman–Crippen MR) is 107 cm³/mol. The first-order valence-electron chi connectivity index (χ1n) is 9.98. The van der Waals surface area contributed by atoms with Crippen LogP contribution in [-0.4, -0.2) is 12.6 Å². The van der Waals surface area contributed by atoms with Gasteiger partial charge in [-0.25, -0.2) is 4.39 Å². The van der Waals surface area contributed by atoms with Crippen LogP contribution in [0.1, 0.15) is 58.8 Å². The van der Waals surface area contributed by atoms with Gasteiger partial charge in [0.25, 0.3) is 0 Å². The number of ether oxygens (including phenoxy) is 2. The number of halogens is 2. The fraction of sp³-hybridized carbons (Fsp3) is 0.435. The van der Waals surface area contributed by atoms with Gasteiger partial charge in [0.15, 0.2) is 11.6 Å². The van der Waals surface area contributed by atoms with Crippen LogP contribution in [0.5, 0.6) is 11.5 Å². The minimum absolute atomic E-state index is 0.0664. The molecule has 0 fully saturated rings. The van der Waals surface area contributed by atoms with Crippen LogP contribution in [-0.2, 0) is 4.79 Å². The van der Waals surface area contributed by atoms with Gasteiger partial charge in [0.05, 0.1) is 6.61 Å². The number of esters is 1. The lowest BCUT2D eigenvalue weighted by molar-refractivity contribution is -0.134. The summed E-state index contributed by atoms with van der Waals surface area (Å²) in [5, 5.41) is 0. The Morgan fingerprint density at radius 3 is 2.21 bits per heavy atom. The maximum atomic E-state index is 14.5. The van der Waals surface area contributed by atoms with Crippen LogP contribution in [0.3, 0.4) is 0 Å². The average molecular weight is 390 g/mol. The van der Waals surface area contributed by atoms with Crippen LogP contribution in [0, 0.1) is 11.6 Å². The summed E-state index contributed by atoms with van der Waals surface area (Å²) in [6, 6.07) is 9.25. The quantitative estimate of drug-likeness (QED) is 0.244. The molecule has 28 heavy (non-hydrogen) atoms. The lowest BCUT2D eigenvalue weighted by Gasteiger charge is -2.11. The highest BCUT2D eigenvalue weighted by atomic mass is 19.2. The summed E-state index contributed by atoms with van der Waals surface area (Å²) in [6.45, 7) is 4.24. The molecule has 0 atom stereocenters. The molecule has 0 spiro atoms. The van der Waals surface area contributed by atoms with E-state index in [9.17, 15) is 13.6 Å². The van der Waals surface area contributed by atoms with Crippen LogP contribution in [0.4, 0.5) is 8.78 Å². The van der Waals surface area contributed by atoms with Crippen molar-refractivity contribution in [3.05, 3.63) is 48.0 Å². The van der Waals surface area contributed by atoms with Crippen LogP contribution < -0.4 is 9.47 Å². The molecule has 0 N–H and O–H groups in total. The molecule has 0 saturated carbocycles. The molecule has 0 amide bonds. The van der Waals surface area contributed by atoms with Gasteiger partial charge in [0.2, 0.25) is 5.82 Å². The van der Waals surface area contributed by atoms with Gasteiger partial charge in [-0.3, -0.25) is 4.79 Å². The van der Waals surface area contributed by atoms with Crippen molar-refractivity contribution in [3.63, 3.8) is 0 Å². The Balaban J connectivity index is 1.96. The zero-order chi connectivity index (χ0) is 20.4. The van der Waals surface area contributed by atoms with Crippen molar-refractivity contribution in [2.45, 2.75) is 58.8 Å². The molecule has 0 bridgehead atoms. The molecule has 5 heteroatoms. The lowest BCUT2D eigenvalue weighted by atomic mass is 10.0. The van der Waals surface area contributed by atoms with E-state index in [2.05, 4.69) is 6.92 Å². The SMILES string of the molecule is CCCCCCCCOc1ccc(-c2ccc(OC(=O)CC)cc2)c(F)c1F. The first-order valence-corrected chi connectivity index (χ1v) is 9.98. The van der Waals surface area contributed by atoms with E-state index in [1.54, 1.807) is 31.2 Å². The van der Waals surface area contributed by atoms with E-state index in [0.29, 0.717) is 17.9 Å². The van der Waals surface area contributed by atoms with Crippen LogP contribution in [0.25, 0.3) is 11.1 Å². The zero-order valence-corrected chi connectivity index (χ0v) is 16.6. The van der Waals surface area contributed by atoms with Crippen molar-refractivity contribution < 1.29 is 23.0 Å². The highest BCUT2D eigenvalue weighted by Gasteiger charge is 2.16. The van der Waals surface area contributed by atoms with Gasteiger partial charge in [0.1, 0.15) is 5.75 Å². The van der Waals surface area contributed by atoms with Crippen molar-refractivity contribution in [2.24, 2.45) is 0 Å². The molecule has 0 heterocycles. The topological polar surface area (TPSA) is 35.5 Å². The van der Waals surface area contributed by atoms with Crippen molar-refractivity contribution >= 4 is 5.97 Å². The van der Waals surface area contributed by atoms with Gasteiger partial charge >= 0.3 is 5.97 Å². The number of rotatable bonds is 11. The summed E-state index contributed by atoms with van der Waals surface area (Å²) >= 11 is 0. The summed E-state index contributed by atoms with van der Waals surface area (Å²) in [5.41, 5.74) is 0.632. The van der Waals surface area contributed by atoms with E-state index in [4.69, 9.17) is 9.47 Å². The number of hydrogen-bond acceptors (Lipinski definition) is 3. The number of carbonyl (C=O) groups is 1. The maximum absolute atomic E-state index is 14.5. The third-order valence-electron chi connectivity index (χ3n) is 4.49. The Labute approximate surface area is 165 Å². The molecule has 2 rings (SSSR count). The smallest absolute Gasteiger partial charge is 0.310 e. The molecule has 0 saturated heterocycles. The fourth-order valence-corrected chi connectivity index (χ4v) is 2.84. The summed E-state index contributed by atoms with van der Waals surface area (Å²) in [7, 11) is 0. The fourth-order valence-electron chi connectivity index (χ4n) is 2.84. The van der Waals surface area contributed by atoms with E-state index >= 15 is 0 Å². The molecular formula is C23H28F2O3.